The first-order valence-corrected chi connectivity index (χ1v) is 10.2. The molecule has 140 valence electrons. The molecule has 1 fully saturated rings. The lowest BCUT2D eigenvalue weighted by Crippen LogP contribution is -2.24. The Morgan fingerprint density at radius 1 is 1.31 bits per heavy atom. The summed E-state index contributed by atoms with van der Waals surface area (Å²) in [5.41, 5.74) is 1.05. The summed E-state index contributed by atoms with van der Waals surface area (Å²) in [4.78, 5) is 12.0. The Kier molecular flexibility index (Phi) is 6.88. The lowest BCUT2D eigenvalue weighted by atomic mass is 10.2. The number of thioether (sulfide) groups is 1. The van der Waals surface area contributed by atoms with E-state index in [9.17, 15) is 4.79 Å². The Morgan fingerprint density at radius 2 is 2.08 bits per heavy atom. The molecule has 1 heterocycles. The van der Waals surface area contributed by atoms with E-state index in [2.05, 4.69) is 20.8 Å². The minimum absolute atomic E-state index is 0.0174. The molecule has 1 aliphatic rings. The van der Waals surface area contributed by atoms with Crippen molar-refractivity contribution in [3.05, 3.63) is 35.7 Å². The molecular weight excluding hydrogens is 350 g/mol. The molecule has 1 aromatic carbocycles. The van der Waals surface area contributed by atoms with E-state index in [0.717, 1.165) is 30.0 Å². The Bertz CT molecular complexity index is 698. The van der Waals surface area contributed by atoms with Crippen molar-refractivity contribution in [1.82, 2.24) is 25.5 Å². The number of carbonyl (C=O) groups excluding carboxylic acids is 1. The number of tetrazole rings is 1. The maximum atomic E-state index is 12.0. The number of benzene rings is 1. The van der Waals surface area contributed by atoms with E-state index in [1.165, 1.54) is 12.8 Å². The van der Waals surface area contributed by atoms with Gasteiger partial charge in [-0.05, 0) is 47.9 Å². The first-order valence-electron chi connectivity index (χ1n) is 9.09. The molecule has 1 saturated carbocycles. The molecule has 8 heteroatoms. The maximum absolute atomic E-state index is 12.0. The van der Waals surface area contributed by atoms with Crippen LogP contribution in [-0.2, 0) is 17.1 Å². The zero-order valence-electron chi connectivity index (χ0n) is 15.1. The van der Waals surface area contributed by atoms with Crippen molar-refractivity contribution in [1.29, 1.82) is 0 Å². The van der Waals surface area contributed by atoms with Crippen molar-refractivity contribution >= 4 is 17.7 Å². The van der Waals surface area contributed by atoms with Crippen molar-refractivity contribution in [2.45, 2.75) is 50.9 Å². The van der Waals surface area contributed by atoms with Gasteiger partial charge >= 0.3 is 0 Å². The fourth-order valence-corrected chi connectivity index (χ4v) is 3.86. The van der Waals surface area contributed by atoms with E-state index in [1.807, 2.05) is 35.9 Å². The normalized spacial score (nSPS) is 14.5. The molecule has 1 aliphatic carbocycles. The fourth-order valence-electron chi connectivity index (χ4n) is 3.10. The summed E-state index contributed by atoms with van der Waals surface area (Å²) in [7, 11) is 0. The average molecular weight is 375 g/mol. The first-order chi connectivity index (χ1) is 12.8. The Balaban J connectivity index is 1.38. The number of rotatable bonds is 9. The third-order valence-electron chi connectivity index (χ3n) is 4.42. The number of amides is 1. The highest BCUT2D eigenvalue weighted by atomic mass is 32.2. The standard InChI is InChI=1S/C18H25N5O2S/c1-2-25-16-9-7-14(8-10-16)11-19-18(24)13-26-12-17-20-21-22-23(17)15-5-3-4-6-15/h7-10,15H,2-6,11-13H2,1H3,(H,19,24). The molecule has 0 unspecified atom stereocenters. The number of hydrogen-bond acceptors (Lipinski definition) is 6. The summed E-state index contributed by atoms with van der Waals surface area (Å²) in [6, 6.07) is 8.20. The molecule has 0 radical (unpaired) electrons. The van der Waals surface area contributed by atoms with Crippen molar-refractivity contribution in [3.8, 4) is 5.75 Å². The minimum atomic E-state index is 0.0174. The van der Waals surface area contributed by atoms with Gasteiger partial charge in [-0.1, -0.05) is 25.0 Å². The molecular formula is C18H25N5O2S. The number of nitrogens with one attached hydrogen (secondary N) is 1. The number of hydrogen-bond donors (Lipinski definition) is 1. The zero-order valence-corrected chi connectivity index (χ0v) is 15.9. The molecule has 0 saturated heterocycles. The van der Waals surface area contributed by atoms with E-state index in [4.69, 9.17) is 4.74 Å². The molecule has 3 rings (SSSR count). The minimum Gasteiger partial charge on any atom is -0.494 e. The molecule has 0 spiro atoms. The highest BCUT2D eigenvalue weighted by molar-refractivity contribution is 7.99. The van der Waals surface area contributed by atoms with Gasteiger partial charge in [0.15, 0.2) is 5.82 Å². The number of ether oxygens (including phenoxy) is 1. The molecule has 26 heavy (non-hydrogen) atoms. The lowest BCUT2D eigenvalue weighted by Gasteiger charge is -2.11. The van der Waals surface area contributed by atoms with Crippen LogP contribution in [0.2, 0.25) is 0 Å². The predicted octanol–water partition coefficient (Wildman–Crippen LogP) is 2.74. The van der Waals surface area contributed by atoms with Gasteiger partial charge in [0.2, 0.25) is 5.91 Å². The molecule has 1 N–H and O–H groups in total. The summed E-state index contributed by atoms with van der Waals surface area (Å²) in [5, 5.41) is 15.0. The van der Waals surface area contributed by atoms with Crippen molar-refractivity contribution in [2.24, 2.45) is 0 Å². The van der Waals surface area contributed by atoms with E-state index >= 15 is 0 Å². The molecule has 1 amide bonds. The van der Waals surface area contributed by atoms with Crippen LogP contribution in [0.25, 0.3) is 0 Å². The third kappa shape index (κ3) is 5.20. The highest BCUT2D eigenvalue weighted by Gasteiger charge is 2.21. The van der Waals surface area contributed by atoms with Gasteiger partial charge in [-0.2, -0.15) is 0 Å². The molecule has 0 atom stereocenters. The monoisotopic (exact) mass is 375 g/mol. The van der Waals surface area contributed by atoms with Crippen LogP contribution >= 0.6 is 11.8 Å². The first kappa shape index (κ1) is 18.7. The van der Waals surface area contributed by atoms with Crippen LogP contribution < -0.4 is 10.1 Å². The maximum Gasteiger partial charge on any atom is 0.230 e. The van der Waals surface area contributed by atoms with Gasteiger partial charge in [0.1, 0.15) is 5.75 Å². The number of carbonyl (C=O) groups is 1. The third-order valence-corrected chi connectivity index (χ3v) is 5.35. The Hall–Kier alpha value is -2.09. The second-order valence-corrected chi connectivity index (χ2v) is 7.31. The van der Waals surface area contributed by atoms with E-state index in [1.54, 1.807) is 11.8 Å². The van der Waals surface area contributed by atoms with Gasteiger partial charge in [0, 0.05) is 6.54 Å². The van der Waals surface area contributed by atoms with Crippen LogP contribution in [0.4, 0.5) is 0 Å². The second-order valence-electron chi connectivity index (χ2n) is 6.32. The quantitative estimate of drug-likeness (QED) is 0.726. The molecule has 2 aromatic rings. The second kappa shape index (κ2) is 9.56. The summed E-state index contributed by atoms with van der Waals surface area (Å²) in [6.07, 6.45) is 4.77. The van der Waals surface area contributed by atoms with Crippen LogP contribution in [0.1, 0.15) is 50.0 Å². The molecule has 1 aromatic heterocycles. The highest BCUT2D eigenvalue weighted by Crippen LogP contribution is 2.29. The van der Waals surface area contributed by atoms with Crippen LogP contribution in [0.15, 0.2) is 24.3 Å². The predicted molar refractivity (Wildman–Crippen MR) is 101 cm³/mol. The Labute approximate surface area is 157 Å². The van der Waals surface area contributed by atoms with E-state index in [-0.39, 0.29) is 5.91 Å². The summed E-state index contributed by atoms with van der Waals surface area (Å²) >= 11 is 1.54. The zero-order chi connectivity index (χ0) is 18.2. The molecule has 7 nitrogen and oxygen atoms in total. The lowest BCUT2D eigenvalue weighted by molar-refractivity contribution is -0.118. The van der Waals surface area contributed by atoms with Gasteiger partial charge in [-0.25, -0.2) is 4.68 Å². The van der Waals surface area contributed by atoms with Gasteiger partial charge in [0.05, 0.1) is 24.2 Å². The molecule has 0 aliphatic heterocycles. The largest absolute Gasteiger partial charge is 0.494 e. The van der Waals surface area contributed by atoms with Gasteiger partial charge < -0.3 is 10.1 Å². The molecule has 0 bridgehead atoms. The van der Waals surface area contributed by atoms with Crippen LogP contribution in [0.5, 0.6) is 5.75 Å². The van der Waals surface area contributed by atoms with Crippen molar-refractivity contribution < 1.29 is 9.53 Å². The summed E-state index contributed by atoms with van der Waals surface area (Å²) < 4.78 is 7.35. The van der Waals surface area contributed by atoms with E-state index < -0.39 is 0 Å². The van der Waals surface area contributed by atoms with Crippen LogP contribution in [0.3, 0.4) is 0 Å². The summed E-state index contributed by atoms with van der Waals surface area (Å²) in [5.74, 6) is 2.78. The SMILES string of the molecule is CCOc1ccc(CNC(=O)CSCc2nnnn2C2CCCC2)cc1. The van der Waals surface area contributed by atoms with E-state index in [0.29, 0.717) is 30.7 Å². The van der Waals surface area contributed by atoms with Gasteiger partial charge in [-0.15, -0.1) is 16.9 Å². The topological polar surface area (TPSA) is 81.9 Å². The van der Waals surface area contributed by atoms with Gasteiger partial charge in [0.25, 0.3) is 0 Å². The fraction of sp³-hybridized carbons (Fsp3) is 0.556. The van der Waals surface area contributed by atoms with Crippen molar-refractivity contribution in [3.63, 3.8) is 0 Å². The Morgan fingerprint density at radius 3 is 2.81 bits per heavy atom. The average Bonchev–Trinajstić information content (AvgIpc) is 3.33. The van der Waals surface area contributed by atoms with Crippen LogP contribution in [0, 0.1) is 0 Å². The number of nitrogens with zero attached hydrogens (tertiary/aromatic N) is 4. The van der Waals surface area contributed by atoms with Crippen molar-refractivity contribution in [2.75, 3.05) is 12.4 Å². The smallest absolute Gasteiger partial charge is 0.230 e. The van der Waals surface area contributed by atoms with Crippen LogP contribution in [-0.4, -0.2) is 38.5 Å². The number of aromatic nitrogens is 4. The van der Waals surface area contributed by atoms with Gasteiger partial charge in [-0.3, -0.25) is 4.79 Å². The summed E-state index contributed by atoms with van der Waals surface area (Å²) in [6.45, 7) is 3.13.